The number of nitrogens with zero attached hydrogens (tertiary/aromatic N) is 1. The van der Waals surface area contributed by atoms with Crippen LogP contribution in [0.4, 0.5) is 0 Å². The lowest BCUT2D eigenvalue weighted by Gasteiger charge is -2.17. The summed E-state index contributed by atoms with van der Waals surface area (Å²) in [6.45, 7) is 0. The van der Waals surface area contributed by atoms with E-state index in [2.05, 4.69) is 10.3 Å². The summed E-state index contributed by atoms with van der Waals surface area (Å²) < 4.78 is 5.46. The van der Waals surface area contributed by atoms with E-state index in [1.54, 1.807) is 18.7 Å². The quantitative estimate of drug-likeness (QED) is 0.568. The lowest BCUT2D eigenvalue weighted by atomic mass is 9.76. The number of carbonyl (C=O) groups is 1. The average molecular weight is 338 g/mol. The first-order valence-corrected chi connectivity index (χ1v) is 8.13. The number of para-hydroxylation sites is 1. The van der Waals surface area contributed by atoms with Gasteiger partial charge >= 0.3 is 7.12 Å². The Labute approximate surface area is 145 Å². The topological polar surface area (TPSA) is 95.6 Å². The molecule has 0 radical (unpaired) electrons. The van der Waals surface area contributed by atoms with Crippen molar-refractivity contribution >= 4 is 24.0 Å². The van der Waals surface area contributed by atoms with Crippen molar-refractivity contribution < 1.29 is 19.3 Å². The van der Waals surface area contributed by atoms with Crippen molar-refractivity contribution in [1.82, 2.24) is 10.3 Å². The first kappa shape index (κ1) is 17.2. The summed E-state index contributed by atoms with van der Waals surface area (Å²) in [5.41, 5.74) is 2.56. The molecule has 3 aromatic rings. The first-order chi connectivity index (χ1) is 12.1. The molecule has 6 nitrogen and oxygen atoms in total. The van der Waals surface area contributed by atoms with E-state index in [0.29, 0.717) is 6.42 Å². The Morgan fingerprint density at radius 1 is 1.20 bits per heavy atom. The maximum atomic E-state index is 12.2. The summed E-state index contributed by atoms with van der Waals surface area (Å²) in [5, 5.41) is 22.8. The number of nitrogens with one attached hydrogen (secondary N) is 1. The number of aromatic nitrogens is 1. The molecule has 7 heteroatoms. The van der Waals surface area contributed by atoms with Crippen LogP contribution in [0.2, 0.25) is 0 Å². The van der Waals surface area contributed by atoms with Crippen molar-refractivity contribution in [3.63, 3.8) is 0 Å². The summed E-state index contributed by atoms with van der Waals surface area (Å²) in [6, 6.07) is 11.2. The summed E-state index contributed by atoms with van der Waals surface area (Å²) in [4.78, 5) is 16.1. The molecule has 0 aliphatic heterocycles. The van der Waals surface area contributed by atoms with Crippen molar-refractivity contribution in [3.05, 3.63) is 66.2 Å². The van der Waals surface area contributed by atoms with Gasteiger partial charge in [-0.2, -0.15) is 0 Å². The molecule has 1 atom stereocenters. The van der Waals surface area contributed by atoms with Gasteiger partial charge in [-0.15, -0.1) is 0 Å². The van der Waals surface area contributed by atoms with E-state index in [0.717, 1.165) is 22.1 Å². The highest BCUT2D eigenvalue weighted by molar-refractivity contribution is 6.43. The molecule has 0 aliphatic rings. The number of fused-ring (bicyclic) bond motifs is 1. The van der Waals surface area contributed by atoms with Crippen LogP contribution in [-0.4, -0.2) is 34.0 Å². The Morgan fingerprint density at radius 2 is 1.96 bits per heavy atom. The van der Waals surface area contributed by atoms with E-state index in [9.17, 15) is 14.8 Å². The standard InChI is InChI=1S/C18H19BN2O4/c22-18(6-5-13-7-9-20-10-8-13)21-17(19(23)24)11-14-12-25-16-4-2-1-3-15(14)16/h1-4,7-10,12,17,23-24H,5-6,11H2,(H,21,22). The zero-order valence-corrected chi connectivity index (χ0v) is 13.6. The van der Waals surface area contributed by atoms with Crippen molar-refractivity contribution in [2.24, 2.45) is 0 Å². The van der Waals surface area contributed by atoms with Gasteiger partial charge in [-0.25, -0.2) is 0 Å². The number of amides is 1. The molecule has 0 aliphatic carbocycles. The molecule has 0 saturated carbocycles. The Kier molecular flexibility index (Phi) is 5.48. The highest BCUT2D eigenvalue weighted by Gasteiger charge is 2.26. The van der Waals surface area contributed by atoms with Crippen LogP contribution in [-0.2, 0) is 17.6 Å². The lowest BCUT2D eigenvalue weighted by molar-refractivity contribution is -0.121. The van der Waals surface area contributed by atoms with Crippen molar-refractivity contribution in [2.45, 2.75) is 25.2 Å². The molecular weight excluding hydrogens is 319 g/mol. The molecule has 1 amide bonds. The van der Waals surface area contributed by atoms with E-state index >= 15 is 0 Å². The molecule has 25 heavy (non-hydrogen) atoms. The molecule has 2 heterocycles. The maximum Gasteiger partial charge on any atom is 0.475 e. The van der Waals surface area contributed by atoms with Crippen LogP contribution in [0.25, 0.3) is 11.0 Å². The Bertz CT molecular complexity index is 835. The largest absolute Gasteiger partial charge is 0.475 e. The van der Waals surface area contributed by atoms with Gasteiger partial charge in [-0.3, -0.25) is 9.78 Å². The van der Waals surface area contributed by atoms with Crippen molar-refractivity contribution in [1.29, 1.82) is 0 Å². The molecule has 0 saturated heterocycles. The lowest BCUT2D eigenvalue weighted by Crippen LogP contribution is -2.47. The van der Waals surface area contributed by atoms with Gasteiger partial charge in [0.05, 0.1) is 12.2 Å². The van der Waals surface area contributed by atoms with Gasteiger partial charge in [0, 0.05) is 24.2 Å². The number of carbonyl (C=O) groups excluding carboxylic acids is 1. The molecule has 128 valence electrons. The van der Waals surface area contributed by atoms with Gasteiger partial charge in [-0.05, 0) is 42.2 Å². The zero-order chi connectivity index (χ0) is 17.6. The van der Waals surface area contributed by atoms with Gasteiger partial charge in [0.2, 0.25) is 5.91 Å². The van der Waals surface area contributed by atoms with E-state index in [1.165, 1.54) is 0 Å². The average Bonchev–Trinajstić information content (AvgIpc) is 3.03. The van der Waals surface area contributed by atoms with E-state index in [1.807, 2.05) is 36.4 Å². The second-order valence-corrected chi connectivity index (χ2v) is 5.90. The Balaban J connectivity index is 1.62. The number of aryl methyl sites for hydroxylation is 1. The second kappa shape index (κ2) is 7.96. The smallest absolute Gasteiger partial charge is 0.464 e. The molecule has 0 fully saturated rings. The monoisotopic (exact) mass is 338 g/mol. The fraction of sp³-hybridized carbons (Fsp3) is 0.222. The molecule has 2 aromatic heterocycles. The summed E-state index contributed by atoms with van der Waals surface area (Å²) in [7, 11) is -1.65. The maximum absolute atomic E-state index is 12.2. The number of pyridine rings is 1. The van der Waals surface area contributed by atoms with Crippen LogP contribution in [0.5, 0.6) is 0 Å². The number of hydrogen-bond acceptors (Lipinski definition) is 5. The second-order valence-electron chi connectivity index (χ2n) is 5.90. The van der Waals surface area contributed by atoms with Crippen LogP contribution in [0.1, 0.15) is 17.5 Å². The third kappa shape index (κ3) is 4.46. The number of rotatable bonds is 7. The number of hydrogen-bond donors (Lipinski definition) is 3. The first-order valence-electron chi connectivity index (χ1n) is 8.13. The van der Waals surface area contributed by atoms with Crippen LogP contribution in [0.15, 0.2) is 59.5 Å². The molecule has 3 rings (SSSR count). The summed E-state index contributed by atoms with van der Waals surface area (Å²) in [6.07, 6.45) is 6.05. The van der Waals surface area contributed by atoms with E-state index in [4.69, 9.17) is 4.42 Å². The van der Waals surface area contributed by atoms with Crippen LogP contribution in [0.3, 0.4) is 0 Å². The minimum atomic E-state index is -1.65. The summed E-state index contributed by atoms with van der Waals surface area (Å²) >= 11 is 0. The SMILES string of the molecule is O=C(CCc1ccncc1)NC(Cc1coc2ccccc12)B(O)O. The molecule has 0 spiro atoms. The fourth-order valence-electron chi connectivity index (χ4n) is 2.75. The molecule has 1 unspecified atom stereocenters. The summed E-state index contributed by atoms with van der Waals surface area (Å²) in [5.74, 6) is -1.03. The van der Waals surface area contributed by atoms with Crippen molar-refractivity contribution in [2.75, 3.05) is 0 Å². The van der Waals surface area contributed by atoms with Crippen LogP contribution < -0.4 is 5.32 Å². The zero-order valence-electron chi connectivity index (χ0n) is 13.6. The van der Waals surface area contributed by atoms with Gasteiger partial charge in [0.15, 0.2) is 0 Å². The van der Waals surface area contributed by atoms with Crippen LogP contribution >= 0.6 is 0 Å². The van der Waals surface area contributed by atoms with Gasteiger partial charge < -0.3 is 19.8 Å². The molecule has 3 N–H and O–H groups in total. The molecular formula is C18H19BN2O4. The van der Waals surface area contributed by atoms with E-state index in [-0.39, 0.29) is 18.7 Å². The molecule has 0 bridgehead atoms. The minimum Gasteiger partial charge on any atom is -0.464 e. The Morgan fingerprint density at radius 3 is 2.72 bits per heavy atom. The predicted octanol–water partition coefficient (Wildman–Crippen LogP) is 1.50. The fourth-order valence-corrected chi connectivity index (χ4v) is 2.75. The highest BCUT2D eigenvalue weighted by Crippen LogP contribution is 2.22. The third-order valence-electron chi connectivity index (χ3n) is 4.10. The van der Waals surface area contributed by atoms with Gasteiger partial charge in [0.1, 0.15) is 5.58 Å². The minimum absolute atomic E-state index is 0.234. The Hall–Kier alpha value is -2.64. The van der Waals surface area contributed by atoms with Gasteiger partial charge in [0.25, 0.3) is 0 Å². The number of furan rings is 1. The predicted molar refractivity (Wildman–Crippen MR) is 94.6 cm³/mol. The highest BCUT2D eigenvalue weighted by atomic mass is 16.4. The normalized spacial score (nSPS) is 12.1. The molecule has 1 aromatic carbocycles. The third-order valence-corrected chi connectivity index (χ3v) is 4.10. The van der Waals surface area contributed by atoms with E-state index < -0.39 is 13.1 Å². The number of benzene rings is 1. The van der Waals surface area contributed by atoms with Crippen molar-refractivity contribution in [3.8, 4) is 0 Å². The van der Waals surface area contributed by atoms with Gasteiger partial charge in [-0.1, -0.05) is 18.2 Å². The van der Waals surface area contributed by atoms with Crippen LogP contribution in [0, 0.1) is 0 Å².